The minimum atomic E-state index is -1.76. The number of halogens is 3. The number of Topliss-reactive ketones (excluding diaryl/α,β-unsaturated/α-hetero) is 1. The van der Waals surface area contributed by atoms with E-state index < -0.39 is 35.0 Å². The normalized spacial score (nSPS) is 28.8. The van der Waals surface area contributed by atoms with Crippen molar-refractivity contribution in [3.8, 4) is 0 Å². The predicted molar refractivity (Wildman–Crippen MR) is 140 cm³/mol. The maximum atomic E-state index is 15.7. The maximum absolute atomic E-state index is 15.7. The van der Waals surface area contributed by atoms with Crippen molar-refractivity contribution < 1.29 is 24.2 Å². The third kappa shape index (κ3) is 4.49. The fourth-order valence-electron chi connectivity index (χ4n) is 6.62. The Morgan fingerprint density at radius 2 is 1.86 bits per heavy atom. The fraction of sp³-hybridized carbons (Fsp3) is 0.500. The highest BCUT2D eigenvalue weighted by atomic mass is 35.5. The van der Waals surface area contributed by atoms with Crippen LogP contribution in [-0.2, 0) is 15.0 Å². The van der Waals surface area contributed by atoms with Crippen LogP contribution < -0.4 is 10.6 Å². The number of hydrogen-bond donors (Lipinski definition) is 4. The van der Waals surface area contributed by atoms with Gasteiger partial charge in [-0.05, 0) is 47.1 Å². The molecule has 1 aliphatic carbocycles. The fourth-order valence-corrected chi connectivity index (χ4v) is 6.98. The summed E-state index contributed by atoms with van der Waals surface area (Å²) in [7, 11) is 0. The van der Waals surface area contributed by atoms with Crippen LogP contribution in [0.2, 0.25) is 10.0 Å². The van der Waals surface area contributed by atoms with E-state index >= 15 is 4.39 Å². The molecule has 3 aliphatic rings. The van der Waals surface area contributed by atoms with Gasteiger partial charge in [0.2, 0.25) is 5.91 Å². The zero-order chi connectivity index (χ0) is 26.9. The highest BCUT2D eigenvalue weighted by Crippen LogP contribution is 2.57. The van der Waals surface area contributed by atoms with Crippen molar-refractivity contribution in [1.82, 2.24) is 5.32 Å². The maximum Gasteiger partial charge on any atom is 0.237 e. The van der Waals surface area contributed by atoms with Gasteiger partial charge in [-0.25, -0.2) is 4.39 Å². The lowest BCUT2D eigenvalue weighted by atomic mass is 9.62. The molecule has 2 aromatic carbocycles. The topological polar surface area (TPSA) is 98.7 Å². The molecule has 2 fully saturated rings. The number of benzene rings is 2. The predicted octanol–water partition coefficient (Wildman–Crippen LogP) is 4.93. The molecular formula is C28H31Cl2FN2O4. The average molecular weight is 549 g/mol. The second-order valence-corrected chi connectivity index (χ2v) is 12.9. The first kappa shape index (κ1) is 26.6. The van der Waals surface area contributed by atoms with E-state index in [9.17, 15) is 19.8 Å². The van der Waals surface area contributed by atoms with E-state index in [1.807, 2.05) is 0 Å². The Bertz CT molecular complexity index is 1270. The van der Waals surface area contributed by atoms with Crippen LogP contribution >= 0.6 is 23.2 Å². The summed E-state index contributed by atoms with van der Waals surface area (Å²) in [6, 6.07) is 8.43. The Morgan fingerprint density at radius 3 is 2.51 bits per heavy atom. The Kier molecular flexibility index (Phi) is 6.48. The van der Waals surface area contributed by atoms with E-state index in [0.717, 1.165) is 0 Å². The van der Waals surface area contributed by atoms with E-state index in [4.69, 9.17) is 23.2 Å². The molecule has 2 heterocycles. The highest BCUT2D eigenvalue weighted by molar-refractivity contribution is 6.31. The number of amides is 1. The third-order valence-corrected chi connectivity index (χ3v) is 8.53. The number of rotatable bonds is 5. The SMILES string of the molecule is CC(C)(C)C[C@H]1N[C@@H](C(=O)CC2CC(O)(O)C2)[C@H](c2cccc(Cl)c2F)[C@@]12C(=O)Nc1cc(Cl)ccc12. The van der Waals surface area contributed by atoms with Crippen molar-refractivity contribution in [3.63, 3.8) is 0 Å². The van der Waals surface area contributed by atoms with Gasteiger partial charge in [0.25, 0.3) is 0 Å². The first-order chi connectivity index (χ1) is 17.2. The number of aliphatic hydroxyl groups is 2. The van der Waals surface area contributed by atoms with Crippen molar-refractivity contribution in [1.29, 1.82) is 0 Å². The summed E-state index contributed by atoms with van der Waals surface area (Å²) in [5, 5.41) is 26.3. The van der Waals surface area contributed by atoms with Crippen molar-refractivity contribution in [2.75, 3.05) is 5.32 Å². The molecule has 1 saturated carbocycles. The lowest BCUT2D eigenvalue weighted by Gasteiger charge is -2.39. The largest absolute Gasteiger partial charge is 0.366 e. The Hall–Kier alpha value is -2.03. The molecule has 37 heavy (non-hydrogen) atoms. The molecule has 2 aromatic rings. The third-order valence-electron chi connectivity index (χ3n) is 8.01. The summed E-state index contributed by atoms with van der Waals surface area (Å²) in [4.78, 5) is 27.9. The van der Waals surface area contributed by atoms with Crippen molar-refractivity contribution in [3.05, 3.63) is 63.4 Å². The lowest BCUT2D eigenvalue weighted by molar-refractivity contribution is -0.235. The van der Waals surface area contributed by atoms with Crippen LogP contribution in [0.5, 0.6) is 0 Å². The molecule has 0 bridgehead atoms. The summed E-state index contributed by atoms with van der Waals surface area (Å²) >= 11 is 12.5. The molecule has 198 valence electrons. The first-order valence-corrected chi connectivity index (χ1v) is 13.3. The number of carbonyl (C=O) groups is 2. The summed E-state index contributed by atoms with van der Waals surface area (Å²) in [6.45, 7) is 6.16. The smallest absolute Gasteiger partial charge is 0.237 e. The van der Waals surface area contributed by atoms with Gasteiger partial charge in [-0.3, -0.25) is 9.59 Å². The van der Waals surface area contributed by atoms with Crippen LogP contribution in [0.1, 0.15) is 63.5 Å². The molecule has 9 heteroatoms. The first-order valence-electron chi connectivity index (χ1n) is 12.5. The van der Waals surface area contributed by atoms with Crippen molar-refractivity contribution in [2.45, 2.75) is 75.7 Å². The van der Waals surface area contributed by atoms with Crippen molar-refractivity contribution >= 4 is 40.6 Å². The number of hydrogen-bond acceptors (Lipinski definition) is 5. The number of nitrogens with one attached hydrogen (secondary N) is 2. The molecule has 0 radical (unpaired) electrons. The van der Waals surface area contributed by atoms with Crippen LogP contribution in [0.4, 0.5) is 10.1 Å². The van der Waals surface area contributed by atoms with Gasteiger partial charge in [0.1, 0.15) is 11.2 Å². The van der Waals surface area contributed by atoms with Crippen LogP contribution in [0.25, 0.3) is 0 Å². The van der Waals surface area contributed by atoms with Gasteiger partial charge in [-0.2, -0.15) is 0 Å². The minimum absolute atomic E-state index is 0.0859. The number of anilines is 1. The molecule has 6 nitrogen and oxygen atoms in total. The second kappa shape index (κ2) is 9.02. The van der Waals surface area contributed by atoms with E-state index in [1.54, 1.807) is 30.3 Å². The standard InChI is InChI=1S/C28H31Cl2FN2O4/c1-26(2,3)13-21-28(17-8-7-15(29)10-19(17)32-25(28)35)22(16-5-4-6-18(30)23(16)31)24(33-21)20(34)9-14-11-27(36,37)12-14/h4-8,10,14,21-22,24,33,36-37H,9,11-13H2,1-3H3,(H,32,35)/t21-,22+,24+,28+/m1/s1. The summed E-state index contributed by atoms with van der Waals surface area (Å²) in [5.41, 5.74) is -0.118. The Labute approximate surface area is 225 Å². The van der Waals surface area contributed by atoms with E-state index in [-0.39, 0.29) is 52.9 Å². The molecule has 2 aliphatic heterocycles. The molecule has 1 saturated heterocycles. The molecule has 0 unspecified atom stereocenters. The van der Waals surface area contributed by atoms with Gasteiger partial charge < -0.3 is 20.8 Å². The molecule has 4 atom stereocenters. The quantitative estimate of drug-likeness (QED) is 0.397. The zero-order valence-electron chi connectivity index (χ0n) is 20.9. The highest BCUT2D eigenvalue weighted by Gasteiger charge is 2.66. The van der Waals surface area contributed by atoms with Crippen molar-refractivity contribution in [2.24, 2.45) is 11.3 Å². The summed E-state index contributed by atoms with van der Waals surface area (Å²) < 4.78 is 15.7. The van der Waals surface area contributed by atoms with E-state index in [0.29, 0.717) is 22.7 Å². The zero-order valence-corrected chi connectivity index (χ0v) is 22.5. The average Bonchev–Trinajstić information content (AvgIpc) is 3.23. The van der Waals surface area contributed by atoms with Gasteiger partial charge in [0, 0.05) is 41.9 Å². The molecule has 1 amide bonds. The molecule has 4 N–H and O–H groups in total. The Morgan fingerprint density at radius 1 is 1.16 bits per heavy atom. The van der Waals surface area contributed by atoms with Gasteiger partial charge in [-0.15, -0.1) is 0 Å². The van der Waals surface area contributed by atoms with Gasteiger partial charge in [-0.1, -0.05) is 62.2 Å². The monoisotopic (exact) mass is 548 g/mol. The van der Waals surface area contributed by atoms with Crippen LogP contribution in [0.3, 0.4) is 0 Å². The Balaban J connectivity index is 1.69. The molecule has 5 rings (SSSR count). The van der Waals surface area contributed by atoms with Crippen LogP contribution in [0, 0.1) is 17.2 Å². The second-order valence-electron chi connectivity index (χ2n) is 12.0. The van der Waals surface area contributed by atoms with Gasteiger partial charge >= 0.3 is 0 Å². The van der Waals surface area contributed by atoms with E-state index in [2.05, 4.69) is 31.4 Å². The number of fused-ring (bicyclic) bond motifs is 2. The van der Waals surface area contributed by atoms with Gasteiger partial charge in [0.15, 0.2) is 11.6 Å². The van der Waals surface area contributed by atoms with E-state index in [1.165, 1.54) is 6.07 Å². The molecule has 0 aromatic heterocycles. The number of ketones is 1. The van der Waals surface area contributed by atoms with Crippen LogP contribution in [0.15, 0.2) is 36.4 Å². The molecule has 1 spiro atoms. The summed E-state index contributed by atoms with van der Waals surface area (Å²) in [5.74, 6) is -4.02. The van der Waals surface area contributed by atoms with Gasteiger partial charge in [0.05, 0.1) is 11.1 Å². The summed E-state index contributed by atoms with van der Waals surface area (Å²) in [6.07, 6.45) is 0.817. The molecular weight excluding hydrogens is 518 g/mol. The number of carbonyl (C=O) groups excluding carboxylic acids is 2. The van der Waals surface area contributed by atoms with Crippen LogP contribution in [-0.4, -0.2) is 39.8 Å². The lowest BCUT2D eigenvalue weighted by Crippen LogP contribution is -2.49. The minimum Gasteiger partial charge on any atom is -0.366 e.